The highest BCUT2D eigenvalue weighted by atomic mass is 16.4. The molecule has 0 aromatic carbocycles. The normalized spacial score (nSPS) is 24.2. The minimum atomic E-state index is -1.08. The van der Waals surface area contributed by atoms with E-state index >= 15 is 0 Å². The van der Waals surface area contributed by atoms with Crippen molar-refractivity contribution in [2.45, 2.75) is 31.9 Å². The summed E-state index contributed by atoms with van der Waals surface area (Å²) < 4.78 is 0. The number of amides is 2. The first-order valence-corrected chi connectivity index (χ1v) is 5.62. The molecular weight excluding hydrogens is 224 g/mol. The smallest absolute Gasteiger partial charge is 0.326 e. The third-order valence-corrected chi connectivity index (χ3v) is 2.65. The summed E-state index contributed by atoms with van der Waals surface area (Å²) in [6.07, 6.45) is 3.84. The number of carboxylic acid groups (broad SMARTS) is 1. The third-order valence-electron chi connectivity index (χ3n) is 2.65. The van der Waals surface area contributed by atoms with E-state index in [-0.39, 0.29) is 13.0 Å². The Morgan fingerprint density at radius 1 is 1.53 bits per heavy atom. The van der Waals surface area contributed by atoms with E-state index in [9.17, 15) is 14.7 Å². The fourth-order valence-electron chi connectivity index (χ4n) is 1.80. The second-order valence-electron chi connectivity index (χ2n) is 3.99. The number of hydrogen-bond acceptors (Lipinski definition) is 3. The molecule has 1 aliphatic rings. The number of allylic oxidation sites excluding steroid dienone is 1. The third kappa shape index (κ3) is 3.74. The molecule has 0 saturated carbocycles. The van der Waals surface area contributed by atoms with Gasteiger partial charge in [0.25, 0.3) is 0 Å². The Kier molecular flexibility index (Phi) is 4.96. The Morgan fingerprint density at radius 2 is 2.24 bits per heavy atom. The van der Waals surface area contributed by atoms with E-state index in [1.165, 1.54) is 4.90 Å². The lowest BCUT2D eigenvalue weighted by Gasteiger charge is -2.21. The molecule has 6 nitrogen and oxygen atoms in total. The van der Waals surface area contributed by atoms with E-state index in [2.05, 4.69) is 5.32 Å². The molecule has 0 aromatic rings. The Morgan fingerprint density at radius 3 is 2.82 bits per heavy atom. The van der Waals surface area contributed by atoms with Crippen molar-refractivity contribution < 1.29 is 19.8 Å². The first-order valence-electron chi connectivity index (χ1n) is 5.62. The molecule has 2 amide bonds. The van der Waals surface area contributed by atoms with Crippen LogP contribution in [0, 0.1) is 0 Å². The fraction of sp³-hybridized carbons (Fsp3) is 0.636. The van der Waals surface area contributed by atoms with Gasteiger partial charge in [0.05, 0.1) is 6.10 Å². The van der Waals surface area contributed by atoms with Gasteiger partial charge < -0.3 is 20.4 Å². The molecule has 1 aliphatic heterocycles. The maximum absolute atomic E-state index is 11.7. The Hall–Kier alpha value is -1.56. The minimum Gasteiger partial charge on any atom is -0.480 e. The molecular formula is C11H18N2O4. The zero-order chi connectivity index (χ0) is 12.8. The standard InChI is InChI=1S/C11H18N2O4/c1-2-3-4-5-12-11(17)13-7-8(14)6-9(13)10(15)16/h2-3,8-9,14H,4-7H2,1H3,(H,12,17)(H,15,16)/b3-2+/t8?,9-/m0/s1. The van der Waals surface area contributed by atoms with Crippen LogP contribution >= 0.6 is 0 Å². The number of β-amino-alcohol motifs (C(OH)–C–C–N with tert-alkyl or cyclic N) is 1. The van der Waals surface area contributed by atoms with Gasteiger partial charge in [-0.3, -0.25) is 0 Å². The van der Waals surface area contributed by atoms with E-state index in [1.807, 2.05) is 19.1 Å². The lowest BCUT2D eigenvalue weighted by Crippen LogP contribution is -2.46. The molecule has 1 heterocycles. The predicted molar refractivity (Wildman–Crippen MR) is 61.6 cm³/mol. The van der Waals surface area contributed by atoms with Crippen LogP contribution < -0.4 is 5.32 Å². The van der Waals surface area contributed by atoms with Crippen LogP contribution in [0.3, 0.4) is 0 Å². The summed E-state index contributed by atoms with van der Waals surface area (Å²) in [4.78, 5) is 23.7. The quantitative estimate of drug-likeness (QED) is 0.484. The summed E-state index contributed by atoms with van der Waals surface area (Å²) in [5.41, 5.74) is 0. The van der Waals surface area contributed by atoms with Crippen molar-refractivity contribution in [2.24, 2.45) is 0 Å². The zero-order valence-corrected chi connectivity index (χ0v) is 9.80. The van der Waals surface area contributed by atoms with Gasteiger partial charge in [-0.05, 0) is 13.3 Å². The molecule has 2 atom stereocenters. The first kappa shape index (κ1) is 13.5. The maximum atomic E-state index is 11.7. The van der Waals surface area contributed by atoms with Gasteiger partial charge in [0.15, 0.2) is 0 Å². The average molecular weight is 242 g/mol. The molecule has 0 radical (unpaired) electrons. The molecule has 1 unspecified atom stereocenters. The number of rotatable bonds is 4. The number of nitrogens with zero attached hydrogens (tertiary/aromatic N) is 1. The SMILES string of the molecule is C/C=C/CCNC(=O)N1CC(O)C[C@H]1C(=O)O. The maximum Gasteiger partial charge on any atom is 0.326 e. The van der Waals surface area contributed by atoms with Crippen LogP contribution in [-0.2, 0) is 4.79 Å². The number of carboxylic acids is 1. The van der Waals surface area contributed by atoms with Crippen LogP contribution in [0.4, 0.5) is 4.79 Å². The van der Waals surface area contributed by atoms with Crippen molar-refractivity contribution in [3.05, 3.63) is 12.2 Å². The molecule has 3 N–H and O–H groups in total. The molecule has 17 heavy (non-hydrogen) atoms. The van der Waals surface area contributed by atoms with Crippen molar-refractivity contribution >= 4 is 12.0 Å². The molecule has 6 heteroatoms. The first-order chi connectivity index (χ1) is 8.06. The highest BCUT2D eigenvalue weighted by Crippen LogP contribution is 2.17. The predicted octanol–water partition coefficient (Wildman–Crippen LogP) is 0.182. The molecule has 0 bridgehead atoms. The zero-order valence-electron chi connectivity index (χ0n) is 9.80. The summed E-state index contributed by atoms with van der Waals surface area (Å²) in [7, 11) is 0. The Bertz CT molecular complexity index is 317. The highest BCUT2D eigenvalue weighted by molar-refractivity contribution is 5.83. The van der Waals surface area contributed by atoms with Gasteiger partial charge in [0.2, 0.25) is 0 Å². The highest BCUT2D eigenvalue weighted by Gasteiger charge is 2.38. The van der Waals surface area contributed by atoms with E-state index in [4.69, 9.17) is 5.11 Å². The van der Waals surface area contributed by atoms with E-state index < -0.39 is 24.1 Å². The lowest BCUT2D eigenvalue weighted by molar-refractivity contribution is -0.141. The number of aliphatic hydroxyl groups excluding tert-OH is 1. The average Bonchev–Trinajstić information content (AvgIpc) is 2.66. The van der Waals surface area contributed by atoms with Gasteiger partial charge in [-0.1, -0.05) is 12.2 Å². The Labute approximate surface area is 99.9 Å². The van der Waals surface area contributed by atoms with Crippen LogP contribution in [-0.4, -0.2) is 52.3 Å². The topological polar surface area (TPSA) is 89.9 Å². The lowest BCUT2D eigenvalue weighted by atomic mass is 10.2. The van der Waals surface area contributed by atoms with E-state index in [1.54, 1.807) is 0 Å². The van der Waals surface area contributed by atoms with Gasteiger partial charge in [0.1, 0.15) is 6.04 Å². The van der Waals surface area contributed by atoms with Crippen LogP contribution in [0.5, 0.6) is 0 Å². The minimum absolute atomic E-state index is 0.0758. The number of likely N-dealkylation sites (tertiary alicyclic amines) is 1. The molecule has 0 spiro atoms. The van der Waals surface area contributed by atoms with Crippen molar-refractivity contribution in [3.63, 3.8) is 0 Å². The van der Waals surface area contributed by atoms with Gasteiger partial charge in [-0.2, -0.15) is 0 Å². The molecule has 0 aromatic heterocycles. The summed E-state index contributed by atoms with van der Waals surface area (Å²) in [6.45, 7) is 2.42. The van der Waals surface area contributed by atoms with E-state index in [0.717, 1.165) is 0 Å². The number of carbonyl (C=O) groups is 2. The molecule has 1 rings (SSSR count). The van der Waals surface area contributed by atoms with Gasteiger partial charge in [-0.25, -0.2) is 9.59 Å². The van der Waals surface area contributed by atoms with Gasteiger partial charge >= 0.3 is 12.0 Å². The van der Waals surface area contributed by atoms with Crippen molar-refractivity contribution in [1.82, 2.24) is 10.2 Å². The van der Waals surface area contributed by atoms with Crippen LogP contribution in [0.2, 0.25) is 0 Å². The van der Waals surface area contributed by atoms with Crippen molar-refractivity contribution in [3.8, 4) is 0 Å². The van der Waals surface area contributed by atoms with Crippen LogP contribution in [0.1, 0.15) is 19.8 Å². The molecule has 1 saturated heterocycles. The summed E-state index contributed by atoms with van der Waals surface area (Å²) in [6, 6.07) is -1.36. The molecule has 1 fully saturated rings. The summed E-state index contributed by atoms with van der Waals surface area (Å²) in [5, 5.41) is 20.9. The number of aliphatic hydroxyl groups is 1. The fourth-order valence-corrected chi connectivity index (χ4v) is 1.80. The number of carbonyl (C=O) groups excluding carboxylic acids is 1. The van der Waals surface area contributed by atoms with E-state index in [0.29, 0.717) is 13.0 Å². The second kappa shape index (κ2) is 6.24. The van der Waals surface area contributed by atoms with Crippen molar-refractivity contribution in [2.75, 3.05) is 13.1 Å². The van der Waals surface area contributed by atoms with Crippen LogP contribution in [0.25, 0.3) is 0 Å². The summed E-state index contributed by atoms with van der Waals surface area (Å²) >= 11 is 0. The largest absolute Gasteiger partial charge is 0.480 e. The van der Waals surface area contributed by atoms with Crippen molar-refractivity contribution in [1.29, 1.82) is 0 Å². The number of hydrogen-bond donors (Lipinski definition) is 3. The van der Waals surface area contributed by atoms with Gasteiger partial charge in [-0.15, -0.1) is 0 Å². The second-order valence-corrected chi connectivity index (χ2v) is 3.99. The number of urea groups is 1. The van der Waals surface area contributed by atoms with Crippen LogP contribution in [0.15, 0.2) is 12.2 Å². The summed E-state index contributed by atoms with van der Waals surface area (Å²) in [5.74, 6) is -1.08. The number of aliphatic carboxylic acids is 1. The van der Waals surface area contributed by atoms with Gasteiger partial charge in [0, 0.05) is 19.5 Å². The number of nitrogens with one attached hydrogen (secondary N) is 1. The molecule has 96 valence electrons. The Balaban J connectivity index is 2.46. The monoisotopic (exact) mass is 242 g/mol. The molecule has 0 aliphatic carbocycles.